The Balaban J connectivity index is 2.04. The van der Waals surface area contributed by atoms with Gasteiger partial charge in [0.2, 0.25) is 0 Å². The van der Waals surface area contributed by atoms with E-state index in [9.17, 15) is 4.39 Å². The molecule has 0 fully saturated rings. The Labute approximate surface area is 126 Å². The summed E-state index contributed by atoms with van der Waals surface area (Å²) in [4.78, 5) is 1.03. The molecule has 3 aromatic rings. The molecule has 0 aliphatic heterocycles. The lowest BCUT2D eigenvalue weighted by molar-refractivity contribution is 0.413. The number of rotatable bonds is 4. The molecule has 3 N–H and O–H groups in total. The number of ether oxygens (including phenoxy) is 1. The normalized spacial score (nSPS) is 12.5. The molecule has 3 nitrogen and oxygen atoms in total. The fourth-order valence-electron chi connectivity index (χ4n) is 2.34. The first kappa shape index (κ1) is 14.0. The van der Waals surface area contributed by atoms with Gasteiger partial charge in [0.05, 0.1) is 13.2 Å². The Morgan fingerprint density at radius 2 is 2.05 bits per heavy atom. The van der Waals surface area contributed by atoms with E-state index in [2.05, 4.69) is 5.43 Å². The lowest BCUT2D eigenvalue weighted by Gasteiger charge is -2.15. The van der Waals surface area contributed by atoms with E-state index in [0.717, 1.165) is 26.3 Å². The zero-order valence-corrected chi connectivity index (χ0v) is 12.3. The van der Waals surface area contributed by atoms with Crippen LogP contribution in [-0.2, 0) is 0 Å². The molecule has 0 spiro atoms. The van der Waals surface area contributed by atoms with Crippen LogP contribution in [0.1, 0.15) is 16.5 Å². The number of hydrazine groups is 1. The van der Waals surface area contributed by atoms with E-state index >= 15 is 0 Å². The minimum atomic E-state index is -0.231. The van der Waals surface area contributed by atoms with Crippen molar-refractivity contribution in [2.24, 2.45) is 5.84 Å². The van der Waals surface area contributed by atoms with Gasteiger partial charge in [-0.15, -0.1) is 11.3 Å². The van der Waals surface area contributed by atoms with E-state index in [0.29, 0.717) is 0 Å². The fourth-order valence-corrected chi connectivity index (χ4v) is 3.47. The summed E-state index contributed by atoms with van der Waals surface area (Å²) in [5.41, 5.74) is 3.83. The predicted octanol–water partition coefficient (Wildman–Crippen LogP) is 3.60. The zero-order valence-electron chi connectivity index (χ0n) is 11.5. The molecule has 1 aromatic heterocycles. The van der Waals surface area contributed by atoms with Crippen LogP contribution in [-0.4, -0.2) is 7.11 Å². The van der Waals surface area contributed by atoms with Crippen molar-refractivity contribution >= 4 is 21.4 Å². The first-order chi connectivity index (χ1) is 10.2. The van der Waals surface area contributed by atoms with Gasteiger partial charge >= 0.3 is 0 Å². The Hall–Kier alpha value is -1.95. The molecule has 1 heterocycles. The van der Waals surface area contributed by atoms with Crippen LogP contribution in [0.5, 0.6) is 5.75 Å². The summed E-state index contributed by atoms with van der Waals surface area (Å²) in [7, 11) is 1.63. The number of nitrogens with one attached hydrogen (secondary N) is 1. The van der Waals surface area contributed by atoms with E-state index in [-0.39, 0.29) is 11.9 Å². The van der Waals surface area contributed by atoms with Crippen molar-refractivity contribution in [3.05, 3.63) is 64.8 Å². The summed E-state index contributed by atoms with van der Waals surface area (Å²) >= 11 is 1.60. The van der Waals surface area contributed by atoms with Gasteiger partial charge in [0.1, 0.15) is 11.6 Å². The average molecular weight is 302 g/mol. The van der Waals surface area contributed by atoms with Crippen LogP contribution in [0.25, 0.3) is 10.1 Å². The third-order valence-electron chi connectivity index (χ3n) is 3.38. The van der Waals surface area contributed by atoms with Gasteiger partial charge in [-0.3, -0.25) is 5.84 Å². The van der Waals surface area contributed by atoms with Gasteiger partial charge in [-0.2, -0.15) is 0 Å². The van der Waals surface area contributed by atoms with Gasteiger partial charge in [-0.25, -0.2) is 9.82 Å². The second kappa shape index (κ2) is 5.81. The first-order valence-electron chi connectivity index (χ1n) is 6.50. The molecule has 5 heteroatoms. The predicted molar refractivity (Wildman–Crippen MR) is 83.9 cm³/mol. The highest BCUT2D eigenvalue weighted by Crippen LogP contribution is 2.34. The molecule has 108 valence electrons. The topological polar surface area (TPSA) is 47.3 Å². The molecule has 0 saturated heterocycles. The van der Waals surface area contributed by atoms with Crippen molar-refractivity contribution in [1.29, 1.82) is 0 Å². The van der Waals surface area contributed by atoms with E-state index < -0.39 is 0 Å². The maximum absolute atomic E-state index is 13.3. The number of methoxy groups -OCH3 is 1. The molecule has 0 bridgehead atoms. The molecule has 2 aromatic carbocycles. The molecule has 21 heavy (non-hydrogen) atoms. The summed E-state index contributed by atoms with van der Waals surface area (Å²) in [5, 5.41) is 0.887. The Bertz CT molecular complexity index is 772. The molecule has 0 aliphatic rings. The SMILES string of the molecule is COc1cccc(C(NN)c2cc3cc(F)ccc3s2)c1. The van der Waals surface area contributed by atoms with Crippen LogP contribution in [0.3, 0.4) is 0 Å². The standard InChI is InChI=1S/C16H15FN2OS/c1-20-13-4-2-3-10(8-13)16(19-18)15-9-11-7-12(17)5-6-14(11)21-15/h2-9,16,19H,18H2,1H3. The number of benzene rings is 2. The third-order valence-corrected chi connectivity index (χ3v) is 4.56. The minimum Gasteiger partial charge on any atom is -0.497 e. The maximum Gasteiger partial charge on any atom is 0.123 e. The molecule has 0 aliphatic carbocycles. The van der Waals surface area contributed by atoms with Crippen LogP contribution < -0.4 is 16.0 Å². The van der Waals surface area contributed by atoms with E-state index in [1.54, 1.807) is 24.5 Å². The van der Waals surface area contributed by atoms with Crippen LogP contribution >= 0.6 is 11.3 Å². The van der Waals surface area contributed by atoms with E-state index in [1.807, 2.05) is 30.3 Å². The third kappa shape index (κ3) is 2.76. The van der Waals surface area contributed by atoms with Crippen molar-refractivity contribution in [3.8, 4) is 5.75 Å². The Morgan fingerprint density at radius 3 is 2.81 bits per heavy atom. The first-order valence-corrected chi connectivity index (χ1v) is 7.32. The van der Waals surface area contributed by atoms with Crippen LogP contribution in [0.15, 0.2) is 48.5 Å². The molecule has 1 atom stereocenters. The number of hydrogen-bond acceptors (Lipinski definition) is 4. The van der Waals surface area contributed by atoms with Gasteiger partial charge in [0.25, 0.3) is 0 Å². The fraction of sp³-hybridized carbons (Fsp3) is 0.125. The average Bonchev–Trinajstić information content (AvgIpc) is 2.91. The molecule has 3 rings (SSSR count). The molecular formula is C16H15FN2OS. The number of hydrogen-bond donors (Lipinski definition) is 2. The number of fused-ring (bicyclic) bond motifs is 1. The Kier molecular flexibility index (Phi) is 3.88. The minimum absolute atomic E-state index is 0.152. The number of halogens is 1. The molecule has 1 unspecified atom stereocenters. The zero-order chi connectivity index (χ0) is 14.8. The molecule has 0 radical (unpaired) electrons. The van der Waals surface area contributed by atoms with Gasteiger partial charge in [0.15, 0.2) is 0 Å². The highest BCUT2D eigenvalue weighted by molar-refractivity contribution is 7.19. The molecular weight excluding hydrogens is 287 g/mol. The van der Waals surface area contributed by atoms with Crippen LogP contribution in [0.2, 0.25) is 0 Å². The summed E-state index contributed by atoms with van der Waals surface area (Å²) in [6.45, 7) is 0. The van der Waals surface area contributed by atoms with Gasteiger partial charge in [-0.1, -0.05) is 12.1 Å². The van der Waals surface area contributed by atoms with Crippen molar-refractivity contribution in [2.45, 2.75) is 6.04 Å². The van der Waals surface area contributed by atoms with Crippen molar-refractivity contribution in [3.63, 3.8) is 0 Å². The summed E-state index contributed by atoms with van der Waals surface area (Å²) in [6.07, 6.45) is 0. The van der Waals surface area contributed by atoms with Crippen molar-refractivity contribution in [1.82, 2.24) is 5.43 Å². The molecule has 0 saturated carbocycles. The van der Waals surface area contributed by atoms with Crippen LogP contribution in [0, 0.1) is 5.82 Å². The lowest BCUT2D eigenvalue weighted by Crippen LogP contribution is -2.28. The smallest absolute Gasteiger partial charge is 0.123 e. The van der Waals surface area contributed by atoms with E-state index in [4.69, 9.17) is 10.6 Å². The summed E-state index contributed by atoms with van der Waals surface area (Å²) in [6, 6.07) is 14.3. The highest BCUT2D eigenvalue weighted by atomic mass is 32.1. The second-order valence-electron chi connectivity index (χ2n) is 4.71. The number of thiophene rings is 1. The Morgan fingerprint density at radius 1 is 1.19 bits per heavy atom. The number of nitrogens with two attached hydrogens (primary N) is 1. The van der Waals surface area contributed by atoms with Gasteiger partial charge < -0.3 is 4.74 Å². The lowest BCUT2D eigenvalue weighted by atomic mass is 10.1. The van der Waals surface area contributed by atoms with Gasteiger partial charge in [0, 0.05) is 9.58 Å². The molecule has 0 amide bonds. The van der Waals surface area contributed by atoms with E-state index in [1.165, 1.54) is 12.1 Å². The summed E-state index contributed by atoms with van der Waals surface area (Å²) < 4.78 is 19.6. The quantitative estimate of drug-likeness (QED) is 0.572. The van der Waals surface area contributed by atoms with Gasteiger partial charge in [-0.05, 0) is 47.3 Å². The maximum atomic E-state index is 13.3. The largest absolute Gasteiger partial charge is 0.497 e. The van der Waals surface area contributed by atoms with Crippen molar-refractivity contribution < 1.29 is 9.13 Å². The summed E-state index contributed by atoms with van der Waals surface area (Å²) in [5.74, 6) is 6.27. The van der Waals surface area contributed by atoms with Crippen molar-refractivity contribution in [2.75, 3.05) is 7.11 Å². The second-order valence-corrected chi connectivity index (χ2v) is 5.82. The van der Waals surface area contributed by atoms with Crippen LogP contribution in [0.4, 0.5) is 4.39 Å². The highest BCUT2D eigenvalue weighted by Gasteiger charge is 2.16. The monoisotopic (exact) mass is 302 g/mol.